The lowest BCUT2D eigenvalue weighted by Crippen LogP contribution is -2.55. The smallest absolute Gasteiger partial charge is 0.409 e. The highest BCUT2D eigenvalue weighted by atomic mass is 16.6. The van der Waals surface area contributed by atoms with Crippen LogP contribution in [0.5, 0.6) is 0 Å². The summed E-state index contributed by atoms with van der Waals surface area (Å²) >= 11 is 0. The summed E-state index contributed by atoms with van der Waals surface area (Å²) < 4.78 is 9.86. The Balaban J connectivity index is 1.49. The molecule has 154 valence electrons. The molecule has 0 bridgehead atoms. The summed E-state index contributed by atoms with van der Waals surface area (Å²) in [7, 11) is 1.40. The molecule has 7 nitrogen and oxygen atoms in total. The van der Waals surface area contributed by atoms with Gasteiger partial charge >= 0.3 is 12.1 Å². The van der Waals surface area contributed by atoms with Crippen LogP contribution in [0.4, 0.5) is 4.79 Å². The second-order valence-electron chi connectivity index (χ2n) is 7.44. The molecule has 0 aliphatic carbocycles. The van der Waals surface area contributed by atoms with Gasteiger partial charge in [-0.25, -0.2) is 9.59 Å². The highest BCUT2D eigenvalue weighted by molar-refractivity contribution is 5.89. The van der Waals surface area contributed by atoms with E-state index in [2.05, 4.69) is 9.80 Å². The third-order valence-electron chi connectivity index (χ3n) is 5.62. The summed E-state index contributed by atoms with van der Waals surface area (Å²) in [4.78, 5) is 30.2. The lowest BCUT2D eigenvalue weighted by Gasteiger charge is -2.43. The van der Waals surface area contributed by atoms with Gasteiger partial charge in [-0.1, -0.05) is 12.1 Å². The molecule has 0 N–H and O–H groups in total. The van der Waals surface area contributed by atoms with Crippen molar-refractivity contribution in [2.24, 2.45) is 0 Å². The molecule has 7 heteroatoms. The highest BCUT2D eigenvalue weighted by Crippen LogP contribution is 2.20. The van der Waals surface area contributed by atoms with Crippen molar-refractivity contribution in [3.8, 4) is 0 Å². The first-order valence-electron chi connectivity index (χ1n) is 10.2. The third-order valence-corrected chi connectivity index (χ3v) is 5.62. The summed E-state index contributed by atoms with van der Waals surface area (Å²) in [6.07, 6.45) is 2.20. The number of ether oxygens (including phenoxy) is 2. The van der Waals surface area contributed by atoms with Crippen molar-refractivity contribution < 1.29 is 19.1 Å². The number of hydrogen-bond donors (Lipinski definition) is 0. The Hall–Kier alpha value is -2.12. The Kier molecular flexibility index (Phi) is 7.28. The fourth-order valence-electron chi connectivity index (χ4n) is 4.08. The molecule has 0 spiro atoms. The van der Waals surface area contributed by atoms with Crippen LogP contribution in [0.25, 0.3) is 0 Å². The topological polar surface area (TPSA) is 62.3 Å². The minimum atomic E-state index is -0.299. The number of carbonyl (C=O) groups is 2. The van der Waals surface area contributed by atoms with E-state index in [0.717, 1.165) is 45.8 Å². The normalized spacial score (nSPS) is 21.4. The molecule has 0 aromatic heterocycles. The number of piperidine rings is 1. The van der Waals surface area contributed by atoms with Gasteiger partial charge in [-0.05, 0) is 44.0 Å². The molecule has 1 unspecified atom stereocenters. The maximum Gasteiger partial charge on any atom is 0.409 e. The van der Waals surface area contributed by atoms with Crippen LogP contribution in [0, 0.1) is 0 Å². The largest absolute Gasteiger partial charge is 0.465 e. The van der Waals surface area contributed by atoms with Crippen molar-refractivity contribution in [1.29, 1.82) is 0 Å². The zero-order valence-corrected chi connectivity index (χ0v) is 16.9. The van der Waals surface area contributed by atoms with Crippen molar-refractivity contribution in [3.05, 3.63) is 35.4 Å². The number of piperazine rings is 1. The van der Waals surface area contributed by atoms with Crippen LogP contribution in [0.15, 0.2) is 24.3 Å². The van der Waals surface area contributed by atoms with Gasteiger partial charge in [0.25, 0.3) is 0 Å². The molecular formula is C21H31N3O4. The molecule has 0 saturated carbocycles. The number of carbonyl (C=O) groups excluding carboxylic acids is 2. The fraction of sp³-hybridized carbons (Fsp3) is 0.619. The van der Waals surface area contributed by atoms with Crippen LogP contribution >= 0.6 is 0 Å². The monoisotopic (exact) mass is 389 g/mol. The quantitative estimate of drug-likeness (QED) is 0.720. The van der Waals surface area contributed by atoms with Gasteiger partial charge in [0.05, 0.1) is 19.3 Å². The molecule has 1 aromatic rings. The first-order chi connectivity index (χ1) is 13.6. The van der Waals surface area contributed by atoms with Gasteiger partial charge in [-0.3, -0.25) is 9.80 Å². The number of hydrogen-bond acceptors (Lipinski definition) is 6. The number of methoxy groups -OCH3 is 1. The van der Waals surface area contributed by atoms with Crippen LogP contribution in [-0.4, -0.2) is 85.8 Å². The first-order valence-corrected chi connectivity index (χ1v) is 10.2. The van der Waals surface area contributed by atoms with E-state index in [9.17, 15) is 9.59 Å². The van der Waals surface area contributed by atoms with Gasteiger partial charge in [-0.15, -0.1) is 0 Å². The number of nitrogens with zero attached hydrogens (tertiary/aromatic N) is 3. The fourth-order valence-corrected chi connectivity index (χ4v) is 4.08. The van der Waals surface area contributed by atoms with Crippen molar-refractivity contribution in [3.63, 3.8) is 0 Å². The van der Waals surface area contributed by atoms with Crippen LogP contribution in [-0.2, 0) is 16.0 Å². The molecule has 3 rings (SSSR count). The van der Waals surface area contributed by atoms with Crippen molar-refractivity contribution >= 4 is 12.1 Å². The Bertz CT molecular complexity index is 656. The number of rotatable bonds is 5. The van der Waals surface area contributed by atoms with Crippen molar-refractivity contribution in [2.75, 3.05) is 53.0 Å². The van der Waals surface area contributed by atoms with E-state index < -0.39 is 0 Å². The van der Waals surface area contributed by atoms with Gasteiger partial charge in [0.15, 0.2) is 0 Å². The number of esters is 1. The molecule has 1 atom stereocenters. The molecule has 2 fully saturated rings. The van der Waals surface area contributed by atoms with Gasteiger partial charge in [0.2, 0.25) is 0 Å². The maximum absolute atomic E-state index is 11.9. The number of amides is 1. The van der Waals surface area contributed by atoms with E-state index in [1.807, 2.05) is 36.1 Å². The average molecular weight is 389 g/mol. The third kappa shape index (κ3) is 5.23. The van der Waals surface area contributed by atoms with E-state index in [0.29, 0.717) is 18.2 Å². The molecule has 28 heavy (non-hydrogen) atoms. The van der Waals surface area contributed by atoms with Crippen LogP contribution in [0.3, 0.4) is 0 Å². The number of likely N-dealkylation sites (tertiary alicyclic amines) is 1. The Morgan fingerprint density at radius 3 is 2.43 bits per heavy atom. The van der Waals surface area contributed by atoms with Crippen LogP contribution in [0.2, 0.25) is 0 Å². The SMILES string of the molecule is CCOC(=O)N1CCN(C2CCCN(Cc3ccc(C(=O)OC)cc3)C2)CC1. The zero-order valence-electron chi connectivity index (χ0n) is 16.9. The molecule has 2 aliphatic rings. The van der Waals surface area contributed by atoms with Crippen molar-refractivity contribution in [2.45, 2.75) is 32.4 Å². The van der Waals surface area contributed by atoms with E-state index >= 15 is 0 Å². The van der Waals surface area contributed by atoms with Crippen LogP contribution in [0.1, 0.15) is 35.7 Å². The Morgan fingerprint density at radius 2 is 1.79 bits per heavy atom. The first kappa shape index (κ1) is 20.6. The summed E-state index contributed by atoms with van der Waals surface area (Å²) in [6.45, 7) is 8.59. The predicted molar refractivity (Wildman–Crippen MR) is 106 cm³/mol. The summed E-state index contributed by atoms with van der Waals surface area (Å²) in [5.74, 6) is -0.299. The van der Waals surface area contributed by atoms with Gasteiger partial charge in [0, 0.05) is 45.3 Å². The highest BCUT2D eigenvalue weighted by Gasteiger charge is 2.29. The van der Waals surface area contributed by atoms with E-state index in [4.69, 9.17) is 9.47 Å². The Labute approximate surface area is 167 Å². The minimum absolute atomic E-state index is 0.192. The molecule has 2 heterocycles. The summed E-state index contributed by atoms with van der Waals surface area (Å²) in [6, 6.07) is 8.21. The van der Waals surface area contributed by atoms with E-state index in [1.165, 1.54) is 25.5 Å². The summed E-state index contributed by atoms with van der Waals surface area (Å²) in [5, 5.41) is 0. The van der Waals surface area contributed by atoms with Gasteiger partial charge in [-0.2, -0.15) is 0 Å². The Morgan fingerprint density at radius 1 is 1.07 bits per heavy atom. The lowest BCUT2D eigenvalue weighted by molar-refractivity contribution is 0.0412. The average Bonchev–Trinajstić information content (AvgIpc) is 2.74. The van der Waals surface area contributed by atoms with E-state index in [-0.39, 0.29) is 12.1 Å². The second kappa shape index (κ2) is 9.89. The summed E-state index contributed by atoms with van der Waals surface area (Å²) in [5.41, 5.74) is 1.79. The molecule has 1 amide bonds. The molecular weight excluding hydrogens is 358 g/mol. The molecule has 2 saturated heterocycles. The maximum atomic E-state index is 11.9. The van der Waals surface area contributed by atoms with E-state index in [1.54, 1.807) is 0 Å². The van der Waals surface area contributed by atoms with Crippen LogP contribution < -0.4 is 0 Å². The predicted octanol–water partition coefficient (Wildman–Crippen LogP) is 2.21. The number of benzene rings is 1. The molecule has 2 aliphatic heterocycles. The van der Waals surface area contributed by atoms with Gasteiger partial charge in [0.1, 0.15) is 0 Å². The van der Waals surface area contributed by atoms with Crippen molar-refractivity contribution in [1.82, 2.24) is 14.7 Å². The molecule has 1 aromatic carbocycles. The van der Waals surface area contributed by atoms with Gasteiger partial charge < -0.3 is 14.4 Å². The second-order valence-corrected chi connectivity index (χ2v) is 7.44. The lowest BCUT2D eigenvalue weighted by atomic mass is 10.0. The molecule has 0 radical (unpaired) electrons. The zero-order chi connectivity index (χ0) is 19.9. The standard InChI is InChI=1S/C21H31N3O4/c1-3-28-21(26)24-13-11-23(12-14-24)19-5-4-10-22(16-19)15-17-6-8-18(9-7-17)20(25)27-2/h6-9,19H,3-5,10-16H2,1-2H3. The minimum Gasteiger partial charge on any atom is -0.465 e.